The fourth-order valence-corrected chi connectivity index (χ4v) is 4.14. The summed E-state index contributed by atoms with van der Waals surface area (Å²) < 4.78 is 2.09. The molecule has 34 heavy (non-hydrogen) atoms. The van der Waals surface area contributed by atoms with Gasteiger partial charge >= 0.3 is 0 Å². The summed E-state index contributed by atoms with van der Waals surface area (Å²) in [6.45, 7) is 0.477. The molecular formula is C27H22N4O3. The molecule has 2 aromatic heterocycles. The van der Waals surface area contributed by atoms with Crippen LogP contribution in [0.5, 0.6) is 0 Å². The molecule has 0 aliphatic carbocycles. The van der Waals surface area contributed by atoms with Crippen LogP contribution in [0.2, 0.25) is 0 Å². The number of hydrogen-bond donors (Lipinski definition) is 0. The lowest BCUT2D eigenvalue weighted by molar-refractivity contribution is -0.125. The molecule has 0 radical (unpaired) electrons. The number of amides is 3. The summed E-state index contributed by atoms with van der Waals surface area (Å²) in [4.78, 5) is 44.9. The Morgan fingerprint density at radius 3 is 2.29 bits per heavy atom. The molecule has 1 aliphatic rings. The SMILES string of the molecule is CN(Cc1cc2ccccc2n1C)C(=O)/C=C/c1ccc(N2C(=O)c3ccccc3C2=O)nc1. The molecule has 0 saturated carbocycles. The third-order valence-corrected chi connectivity index (χ3v) is 6.04. The third-order valence-electron chi connectivity index (χ3n) is 6.04. The van der Waals surface area contributed by atoms with Crippen LogP contribution in [-0.2, 0) is 18.4 Å². The molecule has 3 heterocycles. The van der Waals surface area contributed by atoms with E-state index in [0.29, 0.717) is 23.2 Å². The van der Waals surface area contributed by atoms with Gasteiger partial charge < -0.3 is 9.47 Å². The summed E-state index contributed by atoms with van der Waals surface area (Å²) >= 11 is 0. The minimum absolute atomic E-state index is 0.144. The first-order chi connectivity index (χ1) is 16.4. The fourth-order valence-electron chi connectivity index (χ4n) is 4.14. The Kier molecular flexibility index (Phi) is 5.30. The van der Waals surface area contributed by atoms with Crippen LogP contribution in [0.4, 0.5) is 5.82 Å². The maximum absolute atomic E-state index is 12.6. The Morgan fingerprint density at radius 1 is 0.971 bits per heavy atom. The number of carbonyl (C=O) groups is 3. The second-order valence-corrected chi connectivity index (χ2v) is 8.22. The highest BCUT2D eigenvalue weighted by molar-refractivity contribution is 6.34. The maximum Gasteiger partial charge on any atom is 0.267 e. The minimum Gasteiger partial charge on any atom is -0.346 e. The van der Waals surface area contributed by atoms with Crippen LogP contribution in [0.1, 0.15) is 32.0 Å². The predicted molar refractivity (Wildman–Crippen MR) is 130 cm³/mol. The zero-order valence-electron chi connectivity index (χ0n) is 18.8. The van der Waals surface area contributed by atoms with Crippen LogP contribution < -0.4 is 4.90 Å². The number of para-hydroxylation sites is 1. The summed E-state index contributed by atoms with van der Waals surface area (Å²) in [6.07, 6.45) is 4.69. The number of likely N-dealkylation sites (N-methyl/N-ethyl adjacent to an activating group) is 1. The van der Waals surface area contributed by atoms with Gasteiger partial charge in [0.15, 0.2) is 0 Å². The number of rotatable bonds is 5. The van der Waals surface area contributed by atoms with Crippen LogP contribution >= 0.6 is 0 Å². The van der Waals surface area contributed by atoms with Gasteiger partial charge in [0.05, 0.1) is 17.7 Å². The molecule has 168 valence electrons. The second-order valence-electron chi connectivity index (χ2n) is 8.22. The Hall–Kier alpha value is -4.52. The molecule has 5 rings (SSSR count). The molecule has 0 bridgehead atoms. The molecule has 0 fully saturated rings. The number of aromatic nitrogens is 2. The Balaban J connectivity index is 1.26. The van der Waals surface area contributed by atoms with E-state index in [1.165, 1.54) is 12.3 Å². The van der Waals surface area contributed by atoms with Crippen LogP contribution in [0.25, 0.3) is 17.0 Å². The summed E-state index contributed by atoms with van der Waals surface area (Å²) in [6, 6.07) is 20.2. The van der Waals surface area contributed by atoms with Crippen molar-refractivity contribution in [1.29, 1.82) is 0 Å². The number of anilines is 1. The quantitative estimate of drug-likeness (QED) is 0.340. The first kappa shape index (κ1) is 21.3. The standard InChI is InChI=1S/C27H22N4O3/c1-29(17-20-15-19-7-3-6-10-23(19)30(20)2)25(32)14-12-18-11-13-24(28-16-18)31-26(33)21-8-4-5-9-22(21)27(31)34/h3-16H,17H2,1-2H3/b14-12+. The summed E-state index contributed by atoms with van der Waals surface area (Å²) in [5, 5.41) is 1.14. The highest BCUT2D eigenvalue weighted by Crippen LogP contribution is 2.27. The third kappa shape index (κ3) is 3.67. The molecule has 0 unspecified atom stereocenters. The number of carbonyl (C=O) groups excluding carboxylic acids is 3. The number of nitrogens with zero attached hydrogens (tertiary/aromatic N) is 4. The van der Waals surface area contributed by atoms with Gasteiger partial charge in [-0.1, -0.05) is 30.3 Å². The van der Waals surface area contributed by atoms with Gasteiger partial charge in [0, 0.05) is 37.6 Å². The Labute approximate surface area is 196 Å². The van der Waals surface area contributed by atoms with Gasteiger partial charge in [0.1, 0.15) is 5.82 Å². The van der Waals surface area contributed by atoms with Crippen molar-refractivity contribution in [3.8, 4) is 0 Å². The summed E-state index contributed by atoms with van der Waals surface area (Å²) in [5.74, 6) is -0.666. The highest BCUT2D eigenvalue weighted by Gasteiger charge is 2.36. The molecule has 0 spiro atoms. The molecule has 0 N–H and O–H groups in total. The molecule has 1 aliphatic heterocycles. The fraction of sp³-hybridized carbons (Fsp3) is 0.111. The van der Waals surface area contributed by atoms with Crippen molar-refractivity contribution in [3.63, 3.8) is 0 Å². The molecule has 0 saturated heterocycles. The smallest absolute Gasteiger partial charge is 0.267 e. The average Bonchev–Trinajstić information content (AvgIpc) is 3.31. The van der Waals surface area contributed by atoms with Gasteiger partial charge in [-0.3, -0.25) is 14.4 Å². The van der Waals surface area contributed by atoms with Crippen molar-refractivity contribution in [2.45, 2.75) is 6.54 Å². The van der Waals surface area contributed by atoms with Gasteiger partial charge in [-0.05, 0) is 53.4 Å². The van der Waals surface area contributed by atoms with E-state index in [0.717, 1.165) is 21.5 Å². The van der Waals surface area contributed by atoms with Crippen molar-refractivity contribution in [3.05, 3.63) is 101 Å². The number of fused-ring (bicyclic) bond motifs is 2. The Bertz CT molecular complexity index is 1430. The first-order valence-corrected chi connectivity index (χ1v) is 10.8. The summed E-state index contributed by atoms with van der Waals surface area (Å²) in [5.41, 5.74) is 3.60. The Morgan fingerprint density at radius 2 is 1.65 bits per heavy atom. The minimum atomic E-state index is -0.387. The zero-order valence-corrected chi connectivity index (χ0v) is 18.8. The van der Waals surface area contributed by atoms with Gasteiger partial charge in [-0.15, -0.1) is 0 Å². The number of benzene rings is 2. The van der Waals surface area contributed by atoms with Gasteiger partial charge in [-0.25, -0.2) is 9.88 Å². The lowest BCUT2D eigenvalue weighted by Crippen LogP contribution is -2.30. The van der Waals surface area contributed by atoms with Crippen molar-refractivity contribution in [2.24, 2.45) is 7.05 Å². The van der Waals surface area contributed by atoms with Gasteiger partial charge in [0.2, 0.25) is 5.91 Å². The van der Waals surface area contributed by atoms with Crippen LogP contribution in [0.3, 0.4) is 0 Å². The van der Waals surface area contributed by atoms with Crippen molar-refractivity contribution in [1.82, 2.24) is 14.5 Å². The van der Waals surface area contributed by atoms with E-state index in [1.807, 2.05) is 19.2 Å². The lowest BCUT2D eigenvalue weighted by atomic mass is 10.1. The van der Waals surface area contributed by atoms with Crippen molar-refractivity contribution >= 4 is 40.5 Å². The first-order valence-electron chi connectivity index (χ1n) is 10.8. The largest absolute Gasteiger partial charge is 0.346 e. The molecule has 7 nitrogen and oxygen atoms in total. The second kappa shape index (κ2) is 8.44. The summed E-state index contributed by atoms with van der Waals surface area (Å²) in [7, 11) is 3.75. The molecule has 0 atom stereocenters. The monoisotopic (exact) mass is 450 g/mol. The predicted octanol–water partition coefficient (Wildman–Crippen LogP) is 4.05. The lowest BCUT2D eigenvalue weighted by Gasteiger charge is -2.16. The highest BCUT2D eigenvalue weighted by atomic mass is 16.2. The molecule has 3 amide bonds. The van der Waals surface area contributed by atoms with Crippen molar-refractivity contribution in [2.75, 3.05) is 11.9 Å². The average molecular weight is 450 g/mol. The van der Waals surface area contributed by atoms with E-state index in [1.54, 1.807) is 54.4 Å². The molecule has 4 aromatic rings. The van der Waals surface area contributed by atoms with E-state index < -0.39 is 0 Å². The van der Waals surface area contributed by atoms with E-state index in [2.05, 4.69) is 27.8 Å². The number of imide groups is 1. The van der Waals surface area contributed by atoms with E-state index in [9.17, 15) is 14.4 Å². The van der Waals surface area contributed by atoms with Gasteiger partial charge in [-0.2, -0.15) is 0 Å². The van der Waals surface area contributed by atoms with E-state index >= 15 is 0 Å². The number of pyridine rings is 1. The van der Waals surface area contributed by atoms with Crippen LogP contribution in [0.15, 0.2) is 79.0 Å². The van der Waals surface area contributed by atoms with E-state index in [4.69, 9.17) is 0 Å². The van der Waals surface area contributed by atoms with Crippen molar-refractivity contribution < 1.29 is 14.4 Å². The van der Waals surface area contributed by atoms with E-state index in [-0.39, 0.29) is 23.5 Å². The van der Waals surface area contributed by atoms with Crippen LogP contribution in [-0.4, -0.2) is 39.2 Å². The molecular weight excluding hydrogens is 428 g/mol. The number of hydrogen-bond acceptors (Lipinski definition) is 4. The number of aryl methyl sites for hydroxylation is 1. The van der Waals surface area contributed by atoms with Crippen LogP contribution in [0, 0.1) is 0 Å². The van der Waals surface area contributed by atoms with Gasteiger partial charge in [0.25, 0.3) is 11.8 Å². The molecule has 2 aromatic carbocycles. The maximum atomic E-state index is 12.6. The molecule has 7 heteroatoms. The zero-order chi connectivity index (χ0) is 23.8. The topological polar surface area (TPSA) is 75.5 Å². The normalized spacial score (nSPS) is 13.2.